The van der Waals surface area contributed by atoms with Crippen LogP contribution in [0.1, 0.15) is 66.4 Å². The summed E-state index contributed by atoms with van der Waals surface area (Å²) in [7, 11) is -4.09. The summed E-state index contributed by atoms with van der Waals surface area (Å²) in [5.41, 5.74) is 4.83. The summed E-state index contributed by atoms with van der Waals surface area (Å²) in [5.74, 6) is -0.416. The van der Waals surface area contributed by atoms with E-state index in [0.29, 0.717) is 23.0 Å². The Morgan fingerprint density at radius 3 is 1.09 bits per heavy atom. The van der Waals surface area contributed by atoms with Gasteiger partial charge in [-0.2, -0.15) is 0 Å². The van der Waals surface area contributed by atoms with E-state index in [0.717, 1.165) is 32.1 Å². The Morgan fingerprint density at radius 2 is 0.754 bits per heavy atom. The minimum atomic E-state index is -4.09. The van der Waals surface area contributed by atoms with Crippen LogP contribution in [0.5, 0.6) is 23.0 Å². The lowest BCUT2D eigenvalue weighted by Gasteiger charge is -2.15. The van der Waals surface area contributed by atoms with Gasteiger partial charge in [-0.3, -0.25) is 19.2 Å². The van der Waals surface area contributed by atoms with Gasteiger partial charge < -0.3 is 9.47 Å². The first-order valence-electron chi connectivity index (χ1n) is 17.7. The van der Waals surface area contributed by atoms with Gasteiger partial charge in [0.05, 0.1) is 43.4 Å². The first kappa shape index (κ1) is 36.6. The number of imide groups is 2. The number of rotatable bonds is 10. The van der Waals surface area contributed by atoms with Crippen LogP contribution in [0.3, 0.4) is 0 Å². The normalized spacial score (nSPS) is 13.4. The first-order chi connectivity index (χ1) is 27.3. The number of hydrogen-bond donors (Lipinski definition) is 0. The molecule has 2 aliphatic rings. The monoisotopic (exact) mass is 772 g/mol. The summed E-state index contributed by atoms with van der Waals surface area (Å²) in [4.78, 5) is 55.4. The zero-order valence-electron chi connectivity index (χ0n) is 30.7. The second-order valence-electron chi connectivity index (χ2n) is 13.6. The third kappa shape index (κ3) is 6.59. The predicted octanol–water partition coefficient (Wildman–Crippen LogP) is 9.77. The quantitative estimate of drug-likeness (QED) is 0.126. The van der Waals surface area contributed by atoms with Crippen molar-refractivity contribution < 1.29 is 37.1 Å². The fraction of sp³-hybridized carbons (Fsp3) is 0.0435. The molecule has 11 heteroatoms. The van der Waals surface area contributed by atoms with Crippen LogP contribution in [0.4, 0.5) is 11.4 Å². The molecule has 6 aromatic carbocycles. The molecule has 0 saturated heterocycles. The Bertz CT molecular complexity index is 2620. The van der Waals surface area contributed by atoms with Crippen molar-refractivity contribution in [2.45, 2.75) is 23.6 Å². The van der Waals surface area contributed by atoms with Crippen LogP contribution in [0.25, 0.3) is 11.1 Å². The molecular weight excluding hydrogens is 741 g/mol. The zero-order chi connectivity index (χ0) is 40.2. The van der Waals surface area contributed by atoms with Gasteiger partial charge in [0.2, 0.25) is 9.84 Å². The molecule has 280 valence electrons. The van der Waals surface area contributed by atoms with Crippen molar-refractivity contribution in [1.82, 2.24) is 0 Å². The lowest BCUT2D eigenvalue weighted by Crippen LogP contribution is -2.29. The standard InChI is InChI=1S/C46H32N2O8S/c1-27(2)29-5-13-33(14-6-29)55-35-17-23-39-41(25-35)45(51)47(43(39)49)31-9-19-37(20-10-31)57(53,54)38-21-11-32(12-22-38)48-44(50)40-24-18-36(26-42(40)46(48)52)56-34-15-7-30(8-16-34)28(3)4/h5-26H,1,3H2,2,4H3. The van der Waals surface area contributed by atoms with Crippen LogP contribution in [0, 0.1) is 0 Å². The molecular formula is C46H32N2O8S. The van der Waals surface area contributed by atoms with E-state index < -0.39 is 33.5 Å². The molecule has 6 aromatic rings. The predicted molar refractivity (Wildman–Crippen MR) is 216 cm³/mol. The number of carbonyl (C=O) groups is 4. The third-order valence-electron chi connectivity index (χ3n) is 9.69. The number of hydrogen-bond acceptors (Lipinski definition) is 8. The Hall–Kier alpha value is -7.37. The number of allylic oxidation sites excluding steroid dienone is 2. The molecule has 0 fully saturated rings. The molecule has 8 rings (SSSR count). The highest BCUT2D eigenvalue weighted by molar-refractivity contribution is 7.91. The van der Waals surface area contributed by atoms with Crippen molar-refractivity contribution >= 4 is 56.0 Å². The van der Waals surface area contributed by atoms with Crippen LogP contribution < -0.4 is 19.3 Å². The van der Waals surface area contributed by atoms with Crippen molar-refractivity contribution in [3.8, 4) is 23.0 Å². The summed E-state index contributed by atoms with van der Waals surface area (Å²) in [6.45, 7) is 11.7. The summed E-state index contributed by atoms with van der Waals surface area (Å²) >= 11 is 0. The summed E-state index contributed by atoms with van der Waals surface area (Å²) in [6, 6.07) is 34.7. The SMILES string of the molecule is C=C(C)c1ccc(Oc2ccc3c(c2)C(=O)N(c2ccc(S(=O)(=O)c4ccc(N5C(=O)c6ccc(Oc7ccc(C(=C)C)cc7)cc6C5=O)cc4)cc2)C3=O)cc1. The molecule has 0 N–H and O–H groups in total. The number of fused-ring (bicyclic) bond motifs is 2. The minimum Gasteiger partial charge on any atom is -0.457 e. The van der Waals surface area contributed by atoms with Gasteiger partial charge >= 0.3 is 0 Å². The number of ether oxygens (including phenoxy) is 2. The molecule has 0 atom stereocenters. The summed E-state index contributed by atoms with van der Waals surface area (Å²) < 4.78 is 39.2. The van der Waals surface area contributed by atoms with Gasteiger partial charge in [-0.1, -0.05) is 48.6 Å². The minimum absolute atomic E-state index is 0.0912. The summed E-state index contributed by atoms with van der Waals surface area (Å²) in [5, 5.41) is 0. The zero-order valence-corrected chi connectivity index (χ0v) is 31.5. The molecule has 10 nitrogen and oxygen atoms in total. The maximum absolute atomic E-state index is 13.7. The molecule has 0 radical (unpaired) electrons. The highest BCUT2D eigenvalue weighted by Gasteiger charge is 2.38. The van der Waals surface area contributed by atoms with Crippen LogP contribution in [0.2, 0.25) is 0 Å². The second kappa shape index (κ2) is 14.0. The van der Waals surface area contributed by atoms with Crippen molar-refractivity contribution in [3.05, 3.63) is 180 Å². The van der Waals surface area contributed by atoms with E-state index in [-0.39, 0.29) is 43.4 Å². The number of anilines is 2. The average Bonchev–Trinajstić information content (AvgIpc) is 3.61. The van der Waals surface area contributed by atoms with Gasteiger partial charge in [0, 0.05) is 0 Å². The number of carbonyl (C=O) groups excluding carboxylic acids is 4. The van der Waals surface area contributed by atoms with Crippen molar-refractivity contribution in [2.24, 2.45) is 0 Å². The molecule has 2 aliphatic heterocycles. The maximum Gasteiger partial charge on any atom is 0.266 e. The van der Waals surface area contributed by atoms with Gasteiger partial charge in [0.1, 0.15) is 23.0 Å². The van der Waals surface area contributed by atoms with Crippen molar-refractivity contribution in [3.63, 3.8) is 0 Å². The molecule has 57 heavy (non-hydrogen) atoms. The molecule has 0 saturated carbocycles. The third-order valence-corrected chi connectivity index (χ3v) is 11.5. The van der Waals surface area contributed by atoms with Crippen molar-refractivity contribution in [2.75, 3.05) is 9.80 Å². The molecule has 4 amide bonds. The largest absolute Gasteiger partial charge is 0.457 e. The topological polar surface area (TPSA) is 127 Å². The number of nitrogens with zero attached hydrogens (tertiary/aromatic N) is 2. The lowest BCUT2D eigenvalue weighted by atomic mass is 10.1. The van der Waals surface area contributed by atoms with Gasteiger partial charge in [-0.15, -0.1) is 0 Å². The fourth-order valence-corrected chi connectivity index (χ4v) is 7.87. The number of amides is 4. The van der Waals surface area contributed by atoms with Gasteiger partial charge in [-0.05, 0) is 134 Å². The molecule has 0 spiro atoms. The molecule has 0 bridgehead atoms. The van der Waals surface area contributed by atoms with E-state index in [2.05, 4.69) is 13.2 Å². The van der Waals surface area contributed by atoms with E-state index in [1.807, 2.05) is 38.1 Å². The Morgan fingerprint density at radius 1 is 0.439 bits per heavy atom. The van der Waals surface area contributed by atoms with Gasteiger partial charge in [-0.25, -0.2) is 18.2 Å². The van der Waals surface area contributed by atoms with Crippen molar-refractivity contribution in [1.29, 1.82) is 0 Å². The van der Waals surface area contributed by atoms with Crippen LogP contribution in [-0.2, 0) is 9.84 Å². The van der Waals surface area contributed by atoms with Gasteiger partial charge in [0.15, 0.2) is 0 Å². The van der Waals surface area contributed by atoms with Crippen LogP contribution in [0.15, 0.2) is 156 Å². The van der Waals surface area contributed by atoms with E-state index in [9.17, 15) is 27.6 Å². The summed E-state index contributed by atoms with van der Waals surface area (Å²) in [6.07, 6.45) is 0. The van der Waals surface area contributed by atoms with E-state index in [1.54, 1.807) is 36.4 Å². The number of sulfone groups is 1. The fourth-order valence-electron chi connectivity index (χ4n) is 6.61. The van der Waals surface area contributed by atoms with Crippen LogP contribution in [-0.4, -0.2) is 32.0 Å². The van der Waals surface area contributed by atoms with E-state index in [4.69, 9.17) is 9.47 Å². The molecule has 0 aliphatic carbocycles. The van der Waals surface area contributed by atoms with Gasteiger partial charge in [0.25, 0.3) is 23.6 Å². The van der Waals surface area contributed by atoms with E-state index >= 15 is 0 Å². The molecule has 0 unspecified atom stereocenters. The Labute approximate surface area is 328 Å². The molecule has 2 heterocycles. The lowest BCUT2D eigenvalue weighted by molar-refractivity contribution is 0.0910. The highest BCUT2D eigenvalue weighted by atomic mass is 32.2. The second-order valence-corrected chi connectivity index (χ2v) is 15.6. The average molecular weight is 773 g/mol. The maximum atomic E-state index is 13.7. The Balaban J connectivity index is 0.957. The van der Waals surface area contributed by atoms with Crippen LogP contribution >= 0.6 is 0 Å². The molecule has 0 aromatic heterocycles. The van der Waals surface area contributed by atoms with E-state index in [1.165, 1.54) is 72.8 Å². The highest BCUT2D eigenvalue weighted by Crippen LogP contribution is 2.36. The number of benzene rings is 6. The first-order valence-corrected chi connectivity index (χ1v) is 19.2. The Kier molecular flexibility index (Phi) is 9.02. The smallest absolute Gasteiger partial charge is 0.266 e.